The molecular weight excluding hydrogens is 469 g/mol. The highest BCUT2D eigenvalue weighted by Gasteiger charge is 2.08. The van der Waals surface area contributed by atoms with Crippen LogP contribution in [0.5, 0.6) is 0 Å². The monoisotopic (exact) mass is 499 g/mol. The third kappa shape index (κ3) is 7.10. The molecule has 0 aliphatic carbocycles. The Balaban J connectivity index is 0.00000392. The normalized spacial score (nSPS) is 10.9. The smallest absolute Gasteiger partial charge is 0.253 e. The average molecular weight is 499 g/mol. The molecule has 9 heteroatoms. The molecule has 0 aliphatic rings. The van der Waals surface area contributed by atoms with Gasteiger partial charge in [0.2, 0.25) is 0 Å². The van der Waals surface area contributed by atoms with Gasteiger partial charge in [-0.3, -0.25) is 9.79 Å². The second-order valence-corrected chi connectivity index (χ2v) is 6.37. The Kier molecular flexibility index (Phi) is 10.5. The van der Waals surface area contributed by atoms with Gasteiger partial charge in [0, 0.05) is 52.8 Å². The van der Waals surface area contributed by atoms with Gasteiger partial charge in [-0.15, -0.1) is 34.2 Å². The highest BCUT2D eigenvalue weighted by atomic mass is 127. The molecule has 0 fully saturated rings. The van der Waals surface area contributed by atoms with Gasteiger partial charge in [0.15, 0.2) is 5.96 Å². The van der Waals surface area contributed by atoms with Gasteiger partial charge >= 0.3 is 0 Å². The number of carbonyl (C=O) groups excluding carboxylic acids is 1. The van der Waals surface area contributed by atoms with Crippen LogP contribution in [0.15, 0.2) is 35.6 Å². The van der Waals surface area contributed by atoms with E-state index in [0.717, 1.165) is 49.8 Å². The fourth-order valence-electron chi connectivity index (χ4n) is 2.70. The van der Waals surface area contributed by atoms with Crippen molar-refractivity contribution in [3.05, 3.63) is 47.5 Å². The molecule has 0 atom stereocenters. The number of hydrogen-bond acceptors (Lipinski definition) is 4. The largest absolute Gasteiger partial charge is 0.356 e. The summed E-state index contributed by atoms with van der Waals surface area (Å²) >= 11 is 0. The first kappa shape index (κ1) is 23.9. The summed E-state index contributed by atoms with van der Waals surface area (Å²) in [5.74, 6) is 1.75. The minimum atomic E-state index is 0. The van der Waals surface area contributed by atoms with Crippen LogP contribution in [0.2, 0.25) is 0 Å². The van der Waals surface area contributed by atoms with Crippen molar-refractivity contribution in [3.63, 3.8) is 0 Å². The summed E-state index contributed by atoms with van der Waals surface area (Å²) in [5.41, 5.74) is 1.82. The summed E-state index contributed by atoms with van der Waals surface area (Å²) < 4.78 is 2.04. The molecule has 0 unspecified atom stereocenters. The Hall–Kier alpha value is -2.17. The van der Waals surface area contributed by atoms with E-state index in [1.807, 2.05) is 28.8 Å². The molecule has 2 N–H and O–H groups in total. The number of hydrogen-bond donors (Lipinski definition) is 2. The van der Waals surface area contributed by atoms with Gasteiger partial charge in [-0.25, -0.2) is 0 Å². The van der Waals surface area contributed by atoms with E-state index in [9.17, 15) is 4.79 Å². The van der Waals surface area contributed by atoms with Crippen molar-refractivity contribution < 1.29 is 4.79 Å². The molecule has 1 aromatic heterocycles. The predicted octanol–water partition coefficient (Wildman–Crippen LogP) is 1.57. The molecule has 0 aliphatic heterocycles. The number of rotatable bonds is 8. The first-order chi connectivity index (χ1) is 13.0. The molecule has 1 amide bonds. The quantitative estimate of drug-likeness (QED) is 0.327. The van der Waals surface area contributed by atoms with E-state index in [0.29, 0.717) is 5.56 Å². The lowest BCUT2D eigenvalue weighted by molar-refractivity contribution is 0.0827. The molecule has 8 nitrogen and oxygen atoms in total. The van der Waals surface area contributed by atoms with Crippen LogP contribution >= 0.6 is 24.0 Å². The van der Waals surface area contributed by atoms with Crippen molar-refractivity contribution in [2.45, 2.75) is 26.3 Å². The lowest BCUT2D eigenvalue weighted by Gasteiger charge is -2.13. The third-order valence-electron chi connectivity index (χ3n) is 4.17. The number of aliphatic imine (C=N–C) groups is 1. The van der Waals surface area contributed by atoms with Crippen LogP contribution in [0.1, 0.15) is 28.7 Å². The molecule has 28 heavy (non-hydrogen) atoms. The van der Waals surface area contributed by atoms with Crippen molar-refractivity contribution >= 4 is 35.8 Å². The Morgan fingerprint density at radius 3 is 2.68 bits per heavy atom. The van der Waals surface area contributed by atoms with Crippen LogP contribution in [0, 0.1) is 0 Å². The van der Waals surface area contributed by atoms with Gasteiger partial charge in [0.25, 0.3) is 5.91 Å². The Labute approximate surface area is 183 Å². The lowest BCUT2D eigenvalue weighted by atomic mass is 10.1. The fraction of sp³-hybridized carbons (Fsp3) is 0.474. The zero-order valence-corrected chi connectivity index (χ0v) is 19.3. The zero-order chi connectivity index (χ0) is 19.6. The van der Waals surface area contributed by atoms with Crippen molar-refractivity contribution in [1.29, 1.82) is 0 Å². The standard InChI is InChI=1S/C19H29N7O.HI/c1-5-17-24-23-14-26(17)12-11-22-19(20-2)21-10-9-15-7-6-8-16(13-15)18(27)25(3)4;/h6-8,13-14H,5,9-12H2,1-4H3,(H2,20,21,22);1H. The summed E-state index contributed by atoms with van der Waals surface area (Å²) in [7, 11) is 5.27. The Morgan fingerprint density at radius 1 is 1.25 bits per heavy atom. The van der Waals surface area contributed by atoms with E-state index in [-0.39, 0.29) is 29.9 Å². The minimum Gasteiger partial charge on any atom is -0.356 e. The molecule has 2 rings (SSSR count). The van der Waals surface area contributed by atoms with Gasteiger partial charge < -0.3 is 20.1 Å². The van der Waals surface area contributed by atoms with Crippen molar-refractivity contribution in [3.8, 4) is 0 Å². The molecule has 0 saturated heterocycles. The minimum absolute atomic E-state index is 0. The maximum atomic E-state index is 12.1. The van der Waals surface area contributed by atoms with E-state index >= 15 is 0 Å². The first-order valence-corrected chi connectivity index (χ1v) is 9.17. The fourth-order valence-corrected chi connectivity index (χ4v) is 2.70. The number of carbonyl (C=O) groups is 1. The topological polar surface area (TPSA) is 87.4 Å². The predicted molar refractivity (Wildman–Crippen MR) is 122 cm³/mol. The maximum Gasteiger partial charge on any atom is 0.253 e. The summed E-state index contributed by atoms with van der Waals surface area (Å²) in [6.07, 6.45) is 3.42. The number of nitrogens with zero attached hydrogens (tertiary/aromatic N) is 5. The molecule has 2 aromatic rings. The zero-order valence-electron chi connectivity index (χ0n) is 17.0. The second kappa shape index (κ2) is 12.3. The number of halogens is 1. The third-order valence-corrected chi connectivity index (χ3v) is 4.17. The van der Waals surface area contributed by atoms with E-state index in [2.05, 4.69) is 32.7 Å². The molecule has 0 spiro atoms. The number of benzene rings is 1. The molecule has 0 bridgehead atoms. The SMILES string of the molecule is CCc1nncn1CCNC(=NC)NCCc1cccc(C(=O)N(C)C)c1.I. The Morgan fingerprint density at radius 2 is 2.00 bits per heavy atom. The maximum absolute atomic E-state index is 12.1. The van der Waals surface area contributed by atoms with Crippen LogP contribution in [-0.2, 0) is 19.4 Å². The summed E-state index contributed by atoms with van der Waals surface area (Å²) in [4.78, 5) is 17.9. The molecule has 0 radical (unpaired) electrons. The van der Waals surface area contributed by atoms with Crippen molar-refractivity contribution in [1.82, 2.24) is 30.3 Å². The molecule has 154 valence electrons. The van der Waals surface area contributed by atoms with Gasteiger partial charge in [-0.05, 0) is 24.1 Å². The first-order valence-electron chi connectivity index (χ1n) is 9.17. The van der Waals surface area contributed by atoms with Gasteiger partial charge in [-0.2, -0.15) is 0 Å². The second-order valence-electron chi connectivity index (χ2n) is 6.37. The molecule has 1 heterocycles. The summed E-state index contributed by atoms with van der Waals surface area (Å²) in [5, 5.41) is 14.6. The van der Waals surface area contributed by atoms with E-state index in [1.54, 1.807) is 32.4 Å². The number of guanidine groups is 1. The van der Waals surface area contributed by atoms with Crippen LogP contribution in [0.3, 0.4) is 0 Å². The highest BCUT2D eigenvalue weighted by molar-refractivity contribution is 14.0. The van der Waals surface area contributed by atoms with Crippen LogP contribution in [-0.4, -0.2) is 65.8 Å². The summed E-state index contributed by atoms with van der Waals surface area (Å²) in [6.45, 7) is 4.31. The van der Waals surface area contributed by atoms with E-state index < -0.39 is 0 Å². The van der Waals surface area contributed by atoms with Gasteiger partial charge in [0.1, 0.15) is 12.2 Å². The number of aromatic nitrogens is 3. The lowest BCUT2D eigenvalue weighted by Crippen LogP contribution is -2.39. The highest BCUT2D eigenvalue weighted by Crippen LogP contribution is 2.07. The summed E-state index contributed by atoms with van der Waals surface area (Å²) in [6, 6.07) is 7.74. The van der Waals surface area contributed by atoms with Crippen LogP contribution in [0.25, 0.3) is 0 Å². The number of aryl methyl sites for hydroxylation is 1. The van der Waals surface area contributed by atoms with Gasteiger partial charge in [0.05, 0.1) is 0 Å². The van der Waals surface area contributed by atoms with Gasteiger partial charge in [-0.1, -0.05) is 19.1 Å². The van der Waals surface area contributed by atoms with Crippen molar-refractivity contribution in [2.24, 2.45) is 4.99 Å². The van der Waals surface area contributed by atoms with Crippen LogP contribution in [0.4, 0.5) is 0 Å². The van der Waals surface area contributed by atoms with E-state index in [1.165, 1.54) is 0 Å². The Bertz CT molecular complexity index is 773. The van der Waals surface area contributed by atoms with Crippen molar-refractivity contribution in [2.75, 3.05) is 34.2 Å². The van der Waals surface area contributed by atoms with Crippen LogP contribution < -0.4 is 10.6 Å². The molecule has 1 aromatic carbocycles. The number of amides is 1. The molecule has 0 saturated carbocycles. The number of nitrogens with one attached hydrogen (secondary N) is 2. The molecular formula is C19H30IN7O. The van der Waals surface area contributed by atoms with E-state index in [4.69, 9.17) is 0 Å². The average Bonchev–Trinajstić information content (AvgIpc) is 3.13.